The van der Waals surface area contributed by atoms with Gasteiger partial charge in [0.25, 0.3) is 11.8 Å². The molecule has 1 aliphatic heterocycles. The molecule has 1 atom stereocenters. The Hall–Kier alpha value is -2.08. The summed E-state index contributed by atoms with van der Waals surface area (Å²) in [6.45, 7) is 1.96. The van der Waals surface area contributed by atoms with E-state index in [2.05, 4.69) is 5.32 Å². The van der Waals surface area contributed by atoms with Gasteiger partial charge < -0.3 is 5.32 Å². The van der Waals surface area contributed by atoms with Crippen molar-refractivity contribution in [3.8, 4) is 0 Å². The molecule has 0 radical (unpaired) electrons. The van der Waals surface area contributed by atoms with Gasteiger partial charge in [-0.1, -0.05) is 66.7 Å². The van der Waals surface area contributed by atoms with E-state index in [1.54, 1.807) is 24.3 Å². The third-order valence-corrected chi connectivity index (χ3v) is 5.59. The van der Waals surface area contributed by atoms with Crippen molar-refractivity contribution in [2.45, 2.75) is 32.2 Å². The van der Waals surface area contributed by atoms with Crippen LogP contribution in [0.1, 0.15) is 46.9 Å². The summed E-state index contributed by atoms with van der Waals surface area (Å²) in [6, 6.07) is 8.52. The number of para-hydroxylation sites is 1. The van der Waals surface area contributed by atoms with Crippen molar-refractivity contribution in [3.63, 3.8) is 0 Å². The van der Waals surface area contributed by atoms with Gasteiger partial charge in [-0.3, -0.25) is 19.3 Å². The maximum absolute atomic E-state index is 13.0. The van der Waals surface area contributed by atoms with E-state index in [1.165, 1.54) is 12.1 Å². The van der Waals surface area contributed by atoms with E-state index in [0.717, 1.165) is 11.3 Å². The average molecular weight is 440 g/mol. The Balaban J connectivity index is 1.93. The number of carbonyl (C=O) groups excluding carboxylic acids is 3. The lowest BCUT2D eigenvalue weighted by Crippen LogP contribution is -2.47. The summed E-state index contributed by atoms with van der Waals surface area (Å²) in [4.78, 5) is 39.7. The Labute approximate surface area is 177 Å². The van der Waals surface area contributed by atoms with Gasteiger partial charge in [0.15, 0.2) is 0 Å². The summed E-state index contributed by atoms with van der Waals surface area (Å²) in [7, 11) is 0. The Morgan fingerprint density at radius 3 is 2.11 bits per heavy atom. The van der Waals surface area contributed by atoms with Gasteiger partial charge in [0.05, 0.1) is 31.9 Å². The van der Waals surface area contributed by atoms with E-state index in [9.17, 15) is 14.4 Å². The second-order valence-electron chi connectivity index (χ2n) is 6.42. The molecule has 1 aliphatic rings. The molecule has 0 bridgehead atoms. The zero-order valence-corrected chi connectivity index (χ0v) is 17.2. The third kappa shape index (κ3) is 3.88. The van der Waals surface area contributed by atoms with Crippen LogP contribution in [0.5, 0.6) is 0 Å². The van der Waals surface area contributed by atoms with Crippen molar-refractivity contribution in [2.75, 3.05) is 5.32 Å². The van der Waals surface area contributed by atoms with Crippen molar-refractivity contribution >= 4 is 58.2 Å². The molecule has 1 N–H and O–H groups in total. The van der Waals surface area contributed by atoms with Gasteiger partial charge in [-0.15, -0.1) is 0 Å². The van der Waals surface area contributed by atoms with E-state index in [-0.39, 0.29) is 21.2 Å². The fourth-order valence-electron chi connectivity index (χ4n) is 3.09. The number of halogens is 3. The molecule has 2 aromatic carbocycles. The van der Waals surface area contributed by atoms with Crippen molar-refractivity contribution in [1.29, 1.82) is 0 Å². The zero-order chi connectivity index (χ0) is 20.4. The first-order valence-corrected chi connectivity index (χ1v) is 9.90. The third-order valence-electron chi connectivity index (χ3n) is 4.54. The van der Waals surface area contributed by atoms with E-state index in [4.69, 9.17) is 34.8 Å². The summed E-state index contributed by atoms with van der Waals surface area (Å²) < 4.78 is 0. The SMILES string of the molecule is CCCC[C@@H](C(=O)Nc1ccccc1Cl)N1C(=O)c2cc(Cl)c(Cl)cc2C1=O. The number of anilines is 1. The normalized spacial score (nSPS) is 14.2. The maximum Gasteiger partial charge on any atom is 0.262 e. The fraction of sp³-hybridized carbons (Fsp3) is 0.250. The predicted octanol–water partition coefficient (Wildman–Crippen LogP) is 5.44. The first-order chi connectivity index (χ1) is 13.3. The molecule has 0 saturated heterocycles. The molecule has 8 heteroatoms. The summed E-state index contributed by atoms with van der Waals surface area (Å²) in [5.41, 5.74) is 0.705. The number of imide groups is 1. The highest BCUT2D eigenvalue weighted by Gasteiger charge is 2.43. The van der Waals surface area contributed by atoms with Gasteiger partial charge in [-0.25, -0.2) is 0 Å². The minimum atomic E-state index is -0.971. The molecule has 0 saturated carbocycles. The lowest BCUT2D eigenvalue weighted by Gasteiger charge is -2.25. The van der Waals surface area contributed by atoms with E-state index in [1.807, 2.05) is 6.92 Å². The van der Waals surface area contributed by atoms with Crippen molar-refractivity contribution in [2.24, 2.45) is 0 Å². The average Bonchev–Trinajstić information content (AvgIpc) is 2.89. The van der Waals surface area contributed by atoms with Crippen LogP contribution in [0.3, 0.4) is 0 Å². The zero-order valence-electron chi connectivity index (χ0n) is 15.0. The molecule has 3 rings (SSSR count). The van der Waals surface area contributed by atoms with Crippen molar-refractivity contribution < 1.29 is 14.4 Å². The minimum absolute atomic E-state index is 0.145. The van der Waals surface area contributed by atoms with Crippen LogP contribution < -0.4 is 5.32 Å². The Morgan fingerprint density at radius 2 is 1.57 bits per heavy atom. The number of rotatable bonds is 6. The van der Waals surface area contributed by atoms with Crippen LogP contribution in [0, 0.1) is 0 Å². The molecule has 3 amide bonds. The maximum atomic E-state index is 13.0. The monoisotopic (exact) mass is 438 g/mol. The van der Waals surface area contributed by atoms with Crippen LogP contribution in [0.25, 0.3) is 0 Å². The highest BCUT2D eigenvalue weighted by molar-refractivity contribution is 6.43. The largest absolute Gasteiger partial charge is 0.323 e. The Kier molecular flexibility index (Phi) is 6.28. The summed E-state index contributed by atoms with van der Waals surface area (Å²) in [5, 5.41) is 3.43. The second kappa shape index (κ2) is 8.52. The molecule has 146 valence electrons. The molecule has 5 nitrogen and oxygen atoms in total. The topological polar surface area (TPSA) is 66.5 Å². The first-order valence-electron chi connectivity index (χ1n) is 8.77. The van der Waals surface area contributed by atoms with Gasteiger partial charge in [-0.05, 0) is 30.7 Å². The lowest BCUT2D eigenvalue weighted by atomic mass is 10.1. The molecule has 2 aromatic rings. The molecular weight excluding hydrogens is 423 g/mol. The predicted molar refractivity (Wildman–Crippen MR) is 110 cm³/mol. The van der Waals surface area contributed by atoms with Crippen LogP contribution in [0.15, 0.2) is 36.4 Å². The highest BCUT2D eigenvalue weighted by atomic mass is 35.5. The van der Waals surface area contributed by atoms with E-state index < -0.39 is 23.8 Å². The Bertz CT molecular complexity index is 921. The molecule has 0 unspecified atom stereocenters. The number of amides is 3. The molecule has 1 heterocycles. The smallest absolute Gasteiger partial charge is 0.262 e. The van der Waals surface area contributed by atoms with Gasteiger partial charge in [0, 0.05) is 0 Å². The Morgan fingerprint density at radius 1 is 1.00 bits per heavy atom. The van der Waals surface area contributed by atoms with Gasteiger partial charge >= 0.3 is 0 Å². The molecule has 0 aliphatic carbocycles. The summed E-state index contributed by atoms with van der Waals surface area (Å²) in [5.74, 6) is -1.60. The quantitative estimate of drug-likeness (QED) is 0.609. The van der Waals surface area contributed by atoms with Crippen LogP contribution in [0.2, 0.25) is 15.1 Å². The van der Waals surface area contributed by atoms with E-state index in [0.29, 0.717) is 23.6 Å². The number of unbranched alkanes of at least 4 members (excludes halogenated alkanes) is 1. The molecule has 0 aromatic heterocycles. The van der Waals surface area contributed by atoms with Crippen LogP contribution >= 0.6 is 34.8 Å². The van der Waals surface area contributed by atoms with Crippen LogP contribution in [-0.2, 0) is 4.79 Å². The number of fused-ring (bicyclic) bond motifs is 1. The van der Waals surface area contributed by atoms with Gasteiger partial charge in [-0.2, -0.15) is 0 Å². The molecule has 0 fully saturated rings. The number of nitrogens with zero attached hydrogens (tertiary/aromatic N) is 1. The second-order valence-corrected chi connectivity index (χ2v) is 7.64. The van der Waals surface area contributed by atoms with Gasteiger partial charge in [0.2, 0.25) is 5.91 Å². The van der Waals surface area contributed by atoms with Crippen LogP contribution in [0.4, 0.5) is 5.69 Å². The molecule has 28 heavy (non-hydrogen) atoms. The van der Waals surface area contributed by atoms with E-state index >= 15 is 0 Å². The summed E-state index contributed by atoms with van der Waals surface area (Å²) in [6.07, 6.45) is 1.80. The number of carbonyl (C=O) groups is 3. The highest BCUT2D eigenvalue weighted by Crippen LogP contribution is 2.33. The number of hydrogen-bond acceptors (Lipinski definition) is 3. The lowest BCUT2D eigenvalue weighted by molar-refractivity contribution is -0.120. The molecule has 0 spiro atoms. The molecular formula is C20H17Cl3N2O3. The minimum Gasteiger partial charge on any atom is -0.323 e. The van der Waals surface area contributed by atoms with Crippen molar-refractivity contribution in [1.82, 2.24) is 4.90 Å². The van der Waals surface area contributed by atoms with Crippen LogP contribution in [-0.4, -0.2) is 28.7 Å². The number of benzene rings is 2. The van der Waals surface area contributed by atoms with Gasteiger partial charge in [0.1, 0.15) is 6.04 Å². The van der Waals surface area contributed by atoms with Crippen molar-refractivity contribution in [3.05, 3.63) is 62.6 Å². The number of hydrogen-bond donors (Lipinski definition) is 1. The standard InChI is InChI=1S/C20H17Cl3N2O3/c1-2-3-8-17(18(26)24-16-7-5-4-6-13(16)21)25-19(27)11-9-14(22)15(23)10-12(11)20(25)28/h4-7,9-10,17H,2-3,8H2,1H3,(H,24,26)/t17-/m0/s1. The number of nitrogens with one attached hydrogen (secondary N) is 1. The first kappa shape index (κ1) is 20.6. The summed E-state index contributed by atoms with van der Waals surface area (Å²) >= 11 is 18.1. The fourth-order valence-corrected chi connectivity index (χ4v) is 3.60.